The van der Waals surface area contributed by atoms with Crippen LogP contribution in [0.25, 0.3) is 10.8 Å². The first-order chi connectivity index (χ1) is 14.5. The molecule has 0 saturated carbocycles. The van der Waals surface area contributed by atoms with Crippen LogP contribution < -0.4 is 4.74 Å². The van der Waals surface area contributed by atoms with Crippen LogP contribution in [0.5, 0.6) is 5.75 Å². The molecule has 0 spiro atoms. The van der Waals surface area contributed by atoms with Gasteiger partial charge in [-0.3, -0.25) is 0 Å². The molecule has 0 saturated heterocycles. The number of nitrogens with zero attached hydrogens (tertiary/aromatic N) is 3. The van der Waals surface area contributed by atoms with Crippen molar-refractivity contribution in [3.63, 3.8) is 0 Å². The fourth-order valence-electron chi connectivity index (χ4n) is 3.11. The molecule has 6 nitrogen and oxygen atoms in total. The molecule has 0 unspecified atom stereocenters. The summed E-state index contributed by atoms with van der Waals surface area (Å²) in [5, 5.41) is 20.3. The minimum Gasteiger partial charge on any atom is -0.497 e. The summed E-state index contributed by atoms with van der Waals surface area (Å²) in [5.74, 6) is 0.112. The first kappa shape index (κ1) is 20.3. The minimum absolute atomic E-state index is 0.0245. The van der Waals surface area contributed by atoms with E-state index >= 15 is 0 Å². The monoisotopic (exact) mass is 439 g/mol. The van der Waals surface area contributed by atoms with Gasteiger partial charge < -0.3 is 9.84 Å². The van der Waals surface area contributed by atoms with Crippen molar-refractivity contribution in [2.45, 2.75) is 17.2 Å². The highest BCUT2D eigenvalue weighted by molar-refractivity contribution is 7.98. The summed E-state index contributed by atoms with van der Waals surface area (Å²) in [6, 6.07) is 19.4. The lowest BCUT2D eigenvalue weighted by Crippen LogP contribution is -2.08. The molecule has 0 amide bonds. The van der Waals surface area contributed by atoms with Crippen LogP contribution in [-0.4, -0.2) is 33.2 Å². The smallest absolute Gasteiger partial charge is 0.358 e. The van der Waals surface area contributed by atoms with E-state index in [4.69, 9.17) is 16.3 Å². The number of carboxylic acid groups (broad SMARTS) is 1. The number of aromatic nitrogens is 3. The molecule has 0 aliphatic heterocycles. The van der Waals surface area contributed by atoms with Crippen LogP contribution in [0.4, 0.5) is 0 Å². The summed E-state index contributed by atoms with van der Waals surface area (Å²) in [7, 11) is 1.61. The Bertz CT molecular complexity index is 1210. The Kier molecular flexibility index (Phi) is 5.92. The number of thioether (sulfide) groups is 1. The second-order valence-electron chi connectivity index (χ2n) is 6.64. The average molecular weight is 440 g/mol. The van der Waals surface area contributed by atoms with Gasteiger partial charge in [0.15, 0.2) is 5.69 Å². The van der Waals surface area contributed by atoms with Gasteiger partial charge in [0.05, 0.1) is 19.3 Å². The van der Waals surface area contributed by atoms with E-state index in [1.54, 1.807) is 23.6 Å². The maximum atomic E-state index is 11.6. The summed E-state index contributed by atoms with van der Waals surface area (Å²) >= 11 is 7.59. The van der Waals surface area contributed by atoms with Crippen molar-refractivity contribution in [3.8, 4) is 5.75 Å². The Balaban J connectivity index is 1.57. The van der Waals surface area contributed by atoms with Crippen molar-refractivity contribution in [2.24, 2.45) is 0 Å². The zero-order valence-electron chi connectivity index (χ0n) is 16.1. The number of carboxylic acids is 1. The number of halogens is 1. The highest BCUT2D eigenvalue weighted by Crippen LogP contribution is 2.29. The minimum atomic E-state index is -1.08. The van der Waals surface area contributed by atoms with Crippen LogP contribution in [0.3, 0.4) is 0 Å². The number of aromatic carboxylic acids is 1. The predicted octanol–water partition coefficient (Wildman–Crippen LogP) is 5.13. The Morgan fingerprint density at radius 1 is 1.10 bits per heavy atom. The second-order valence-corrected chi connectivity index (χ2v) is 8.12. The summed E-state index contributed by atoms with van der Waals surface area (Å²) in [6.45, 7) is 0.427. The largest absolute Gasteiger partial charge is 0.497 e. The molecule has 30 heavy (non-hydrogen) atoms. The van der Waals surface area contributed by atoms with Crippen LogP contribution in [0.15, 0.2) is 65.6 Å². The Hall–Kier alpha value is -3.03. The van der Waals surface area contributed by atoms with Crippen LogP contribution in [0, 0.1) is 0 Å². The zero-order valence-corrected chi connectivity index (χ0v) is 17.7. The molecule has 0 bridgehead atoms. The third-order valence-corrected chi connectivity index (χ3v) is 5.92. The lowest BCUT2D eigenvalue weighted by molar-refractivity contribution is 0.0689. The maximum absolute atomic E-state index is 11.6. The van der Waals surface area contributed by atoms with Crippen molar-refractivity contribution in [2.75, 3.05) is 7.11 Å². The second kappa shape index (κ2) is 8.77. The predicted molar refractivity (Wildman–Crippen MR) is 118 cm³/mol. The van der Waals surface area contributed by atoms with Gasteiger partial charge in [-0.05, 0) is 52.7 Å². The number of methoxy groups -OCH3 is 1. The molecular weight excluding hydrogens is 422 g/mol. The van der Waals surface area contributed by atoms with Crippen molar-refractivity contribution in [1.29, 1.82) is 0 Å². The van der Waals surface area contributed by atoms with Gasteiger partial charge >= 0.3 is 5.97 Å². The molecule has 1 N–H and O–H groups in total. The molecule has 152 valence electrons. The number of fused-ring (bicyclic) bond motifs is 1. The number of hydrogen-bond donors (Lipinski definition) is 1. The van der Waals surface area contributed by atoms with Gasteiger partial charge in [0.2, 0.25) is 0 Å². The van der Waals surface area contributed by atoms with Crippen LogP contribution in [0.2, 0.25) is 5.02 Å². The van der Waals surface area contributed by atoms with Gasteiger partial charge in [0, 0.05) is 15.7 Å². The lowest BCUT2D eigenvalue weighted by atomic mass is 10.1. The van der Waals surface area contributed by atoms with Crippen molar-refractivity contribution in [3.05, 3.63) is 82.6 Å². The van der Waals surface area contributed by atoms with Gasteiger partial charge in [-0.2, -0.15) is 0 Å². The normalized spacial score (nSPS) is 11.0. The van der Waals surface area contributed by atoms with Gasteiger partial charge in [0.1, 0.15) is 5.75 Å². The summed E-state index contributed by atoms with van der Waals surface area (Å²) < 4.78 is 6.82. The SMILES string of the molecule is COc1ccc(Cn2nnc(C(=O)O)c2CSc2ccc3cc(Cl)ccc3c2)cc1. The highest BCUT2D eigenvalue weighted by Gasteiger charge is 2.19. The molecule has 0 aliphatic carbocycles. The number of benzene rings is 3. The van der Waals surface area contributed by atoms with E-state index in [-0.39, 0.29) is 5.69 Å². The zero-order chi connectivity index (χ0) is 21.1. The number of ether oxygens (including phenoxy) is 1. The number of carbonyl (C=O) groups is 1. The van der Waals surface area contributed by atoms with Crippen molar-refractivity contribution < 1.29 is 14.6 Å². The Morgan fingerprint density at radius 2 is 1.83 bits per heavy atom. The van der Waals surface area contributed by atoms with E-state index in [0.717, 1.165) is 27.0 Å². The fourth-order valence-corrected chi connectivity index (χ4v) is 4.25. The van der Waals surface area contributed by atoms with E-state index in [9.17, 15) is 9.90 Å². The van der Waals surface area contributed by atoms with E-state index in [1.165, 1.54) is 0 Å². The van der Waals surface area contributed by atoms with Crippen LogP contribution in [0.1, 0.15) is 21.7 Å². The molecule has 4 rings (SSSR count). The quantitative estimate of drug-likeness (QED) is 0.402. The summed E-state index contributed by atoms with van der Waals surface area (Å²) in [6.07, 6.45) is 0. The molecule has 4 aromatic rings. The highest BCUT2D eigenvalue weighted by atomic mass is 35.5. The third-order valence-electron chi connectivity index (χ3n) is 4.68. The molecule has 0 aliphatic rings. The molecule has 3 aromatic carbocycles. The maximum Gasteiger partial charge on any atom is 0.358 e. The topological polar surface area (TPSA) is 77.2 Å². The molecule has 0 atom stereocenters. The van der Waals surface area contributed by atoms with Crippen molar-refractivity contribution >= 4 is 40.1 Å². The Labute approximate surface area is 182 Å². The lowest BCUT2D eigenvalue weighted by Gasteiger charge is -2.09. The van der Waals surface area contributed by atoms with Gasteiger partial charge in [0.25, 0.3) is 0 Å². The first-order valence-corrected chi connectivity index (χ1v) is 10.5. The molecule has 8 heteroatoms. The number of rotatable bonds is 7. The molecule has 0 fully saturated rings. The molecular formula is C22H18ClN3O3S. The summed E-state index contributed by atoms with van der Waals surface area (Å²) in [4.78, 5) is 12.7. The van der Waals surface area contributed by atoms with E-state index in [1.807, 2.05) is 54.6 Å². The summed E-state index contributed by atoms with van der Waals surface area (Å²) in [5.41, 5.74) is 1.52. The molecule has 1 heterocycles. The standard InChI is InChI=1S/C22H18ClN3O3S/c1-29-18-7-2-14(3-8-18)12-26-20(21(22(27)28)24-25-26)13-30-19-9-5-15-10-17(23)6-4-16(15)11-19/h2-11H,12-13H2,1H3,(H,27,28). The Morgan fingerprint density at radius 3 is 2.57 bits per heavy atom. The third kappa shape index (κ3) is 4.42. The molecule has 1 aromatic heterocycles. The van der Waals surface area contributed by atoms with E-state index in [0.29, 0.717) is 23.0 Å². The van der Waals surface area contributed by atoms with Gasteiger partial charge in [-0.1, -0.05) is 41.1 Å². The first-order valence-electron chi connectivity index (χ1n) is 9.14. The average Bonchev–Trinajstić information content (AvgIpc) is 3.15. The fraction of sp³-hybridized carbons (Fsp3) is 0.136. The van der Waals surface area contributed by atoms with E-state index in [2.05, 4.69) is 16.4 Å². The molecule has 0 radical (unpaired) electrons. The van der Waals surface area contributed by atoms with Crippen molar-refractivity contribution in [1.82, 2.24) is 15.0 Å². The van der Waals surface area contributed by atoms with E-state index < -0.39 is 5.97 Å². The van der Waals surface area contributed by atoms with Crippen LogP contribution in [-0.2, 0) is 12.3 Å². The number of hydrogen-bond acceptors (Lipinski definition) is 5. The van der Waals surface area contributed by atoms with Gasteiger partial charge in [-0.15, -0.1) is 16.9 Å². The van der Waals surface area contributed by atoms with Gasteiger partial charge in [-0.25, -0.2) is 9.48 Å². The van der Waals surface area contributed by atoms with Crippen LogP contribution >= 0.6 is 23.4 Å².